The number of tetrazole rings is 1. The van der Waals surface area contributed by atoms with Crippen LogP contribution in [0.2, 0.25) is 0 Å². The van der Waals surface area contributed by atoms with Crippen molar-refractivity contribution in [2.24, 2.45) is 0 Å². The van der Waals surface area contributed by atoms with Gasteiger partial charge < -0.3 is 10.1 Å². The highest BCUT2D eigenvalue weighted by Crippen LogP contribution is 2.37. The Morgan fingerprint density at radius 3 is 2.59 bits per heavy atom. The van der Waals surface area contributed by atoms with Gasteiger partial charge in [0, 0.05) is 15.7 Å². The van der Waals surface area contributed by atoms with Crippen LogP contribution in [0.1, 0.15) is 42.5 Å². The second-order valence-electron chi connectivity index (χ2n) is 6.93. The first kappa shape index (κ1) is 19.5. The van der Waals surface area contributed by atoms with E-state index >= 15 is 0 Å². The van der Waals surface area contributed by atoms with Crippen LogP contribution in [0, 0.1) is 0 Å². The molecule has 0 radical (unpaired) electrons. The highest BCUT2D eigenvalue weighted by molar-refractivity contribution is 9.10. The summed E-state index contributed by atoms with van der Waals surface area (Å²) in [6, 6.07) is 12.5. The third-order valence-corrected chi connectivity index (χ3v) is 5.22. The molecule has 0 spiro atoms. The molecule has 0 bridgehead atoms. The zero-order valence-corrected chi connectivity index (χ0v) is 17.3. The van der Waals surface area contributed by atoms with E-state index in [2.05, 4.69) is 62.8 Å². The molecular formula is C20H18BrF2N5O. The van der Waals surface area contributed by atoms with E-state index < -0.39 is 12.7 Å². The molecule has 2 heterocycles. The van der Waals surface area contributed by atoms with Gasteiger partial charge in [-0.1, -0.05) is 59.1 Å². The fourth-order valence-electron chi connectivity index (χ4n) is 3.25. The van der Waals surface area contributed by atoms with E-state index in [-0.39, 0.29) is 5.75 Å². The maximum Gasteiger partial charge on any atom is 0.387 e. The molecule has 2 aromatic carbocycles. The molecule has 0 unspecified atom stereocenters. The van der Waals surface area contributed by atoms with E-state index in [1.54, 1.807) is 12.1 Å². The third-order valence-electron chi connectivity index (χ3n) is 4.72. The smallest absolute Gasteiger partial charge is 0.387 e. The van der Waals surface area contributed by atoms with Gasteiger partial charge in [-0.25, -0.2) is 0 Å². The van der Waals surface area contributed by atoms with Gasteiger partial charge in [-0.05, 0) is 51.7 Å². The number of anilines is 1. The van der Waals surface area contributed by atoms with Crippen LogP contribution in [0.4, 0.5) is 14.7 Å². The van der Waals surface area contributed by atoms with Gasteiger partial charge in [0.1, 0.15) is 11.8 Å². The van der Waals surface area contributed by atoms with E-state index in [0.717, 1.165) is 15.7 Å². The van der Waals surface area contributed by atoms with Crippen LogP contribution in [-0.4, -0.2) is 26.8 Å². The summed E-state index contributed by atoms with van der Waals surface area (Å²) >= 11 is 3.40. The van der Waals surface area contributed by atoms with Crippen molar-refractivity contribution in [1.29, 1.82) is 0 Å². The first-order valence-corrected chi connectivity index (χ1v) is 9.83. The van der Waals surface area contributed by atoms with Gasteiger partial charge in [0.25, 0.3) is 0 Å². The number of aromatic nitrogens is 4. The molecule has 29 heavy (non-hydrogen) atoms. The Morgan fingerprint density at radius 2 is 1.90 bits per heavy atom. The van der Waals surface area contributed by atoms with Crippen LogP contribution >= 0.6 is 15.9 Å². The fourth-order valence-corrected chi connectivity index (χ4v) is 3.62. The number of hydrogen-bond acceptors (Lipinski definition) is 5. The Kier molecular flexibility index (Phi) is 5.31. The number of halogens is 3. The van der Waals surface area contributed by atoms with Gasteiger partial charge in [0.15, 0.2) is 0 Å². The minimum Gasteiger partial charge on any atom is -0.434 e. The van der Waals surface area contributed by atoms with Gasteiger partial charge >= 0.3 is 6.61 Å². The summed E-state index contributed by atoms with van der Waals surface area (Å²) in [7, 11) is 0. The van der Waals surface area contributed by atoms with Crippen LogP contribution in [0.15, 0.2) is 53.0 Å². The normalized spacial score (nSPS) is 15.8. The van der Waals surface area contributed by atoms with Crippen molar-refractivity contribution in [3.63, 3.8) is 0 Å². The Hall–Kier alpha value is -2.81. The Balaban J connectivity index is 1.79. The molecule has 3 aromatic rings. The number of benzene rings is 2. The molecule has 6 nitrogen and oxygen atoms in total. The molecule has 9 heteroatoms. The molecule has 0 saturated carbocycles. The molecule has 0 amide bonds. The highest BCUT2D eigenvalue weighted by Gasteiger charge is 2.27. The summed E-state index contributed by atoms with van der Waals surface area (Å²) in [6.07, 6.45) is 1.90. The summed E-state index contributed by atoms with van der Waals surface area (Å²) < 4.78 is 32.9. The fraction of sp³-hybridized carbons (Fsp3) is 0.250. The lowest BCUT2D eigenvalue weighted by atomic mass is 9.98. The van der Waals surface area contributed by atoms with E-state index in [0.29, 0.717) is 17.4 Å². The molecular weight excluding hydrogens is 444 g/mol. The zero-order chi connectivity index (χ0) is 20.5. The summed E-state index contributed by atoms with van der Waals surface area (Å²) in [5.74, 6) is 0.916. The minimum atomic E-state index is -2.93. The monoisotopic (exact) mass is 461 g/mol. The predicted octanol–water partition coefficient (Wildman–Crippen LogP) is 5.22. The maximum atomic E-state index is 12.9. The second kappa shape index (κ2) is 7.90. The minimum absolute atomic E-state index is 0.0716. The Labute approximate surface area is 174 Å². The average molecular weight is 462 g/mol. The molecule has 0 saturated heterocycles. The number of alkyl halides is 2. The van der Waals surface area contributed by atoms with Gasteiger partial charge in [-0.15, -0.1) is 0 Å². The topological polar surface area (TPSA) is 64.9 Å². The summed E-state index contributed by atoms with van der Waals surface area (Å²) in [6.45, 7) is 1.33. The van der Waals surface area contributed by atoms with E-state index in [1.165, 1.54) is 16.3 Å². The zero-order valence-electron chi connectivity index (χ0n) is 15.7. The summed E-state index contributed by atoms with van der Waals surface area (Å²) in [4.78, 5) is 0. The number of nitrogens with one attached hydrogen (secondary N) is 1. The molecule has 1 N–H and O–H groups in total. The first-order chi connectivity index (χ1) is 13.9. The van der Waals surface area contributed by atoms with Gasteiger partial charge in [0.05, 0.1) is 0 Å². The predicted molar refractivity (Wildman–Crippen MR) is 109 cm³/mol. The van der Waals surface area contributed by atoms with E-state index in [4.69, 9.17) is 4.74 Å². The Morgan fingerprint density at radius 1 is 1.14 bits per heavy atom. The lowest BCUT2D eigenvalue weighted by molar-refractivity contribution is -0.0506. The Bertz CT molecular complexity index is 1050. The molecule has 4 rings (SSSR count). The molecule has 0 fully saturated rings. The average Bonchev–Trinajstić information content (AvgIpc) is 3.17. The van der Waals surface area contributed by atoms with Gasteiger partial charge in [-0.2, -0.15) is 13.5 Å². The summed E-state index contributed by atoms with van der Waals surface area (Å²) in [5.41, 5.74) is 3.48. The molecule has 0 aliphatic carbocycles. The van der Waals surface area contributed by atoms with Crippen LogP contribution in [0.3, 0.4) is 0 Å². The number of allylic oxidation sites excluding steroid dienone is 1. The van der Waals surface area contributed by atoms with Crippen molar-refractivity contribution in [1.82, 2.24) is 20.2 Å². The lowest BCUT2D eigenvalue weighted by Crippen LogP contribution is -2.21. The molecule has 1 atom stereocenters. The standard InChI is InChI=1S/C20H18BrF2N5O/c1-11(2)12-3-5-13(6-4-12)16-10-17(28-20(24-16)25-26-27-28)15-9-14(21)7-8-18(15)29-19(22)23/h3-11,17,19H,1-2H3,(H,24,25,27)/t17-/m1/s1. The number of rotatable bonds is 5. The maximum absolute atomic E-state index is 12.9. The largest absolute Gasteiger partial charge is 0.434 e. The van der Waals surface area contributed by atoms with Crippen LogP contribution in [0.25, 0.3) is 5.70 Å². The van der Waals surface area contributed by atoms with Crippen molar-refractivity contribution in [3.05, 3.63) is 69.7 Å². The lowest BCUT2D eigenvalue weighted by Gasteiger charge is -2.25. The summed E-state index contributed by atoms with van der Waals surface area (Å²) in [5, 5.41) is 15.0. The van der Waals surface area contributed by atoms with Gasteiger partial charge in [0.2, 0.25) is 5.95 Å². The van der Waals surface area contributed by atoms with Crippen molar-refractivity contribution >= 4 is 27.6 Å². The number of ether oxygens (including phenoxy) is 1. The SMILES string of the molecule is CC(C)c1ccc(C2=C[C@H](c3cc(Br)ccc3OC(F)F)n3nnnc3N2)cc1. The van der Waals surface area contributed by atoms with Crippen LogP contribution < -0.4 is 10.1 Å². The molecule has 150 valence electrons. The van der Waals surface area contributed by atoms with Crippen molar-refractivity contribution in [3.8, 4) is 5.75 Å². The quantitative estimate of drug-likeness (QED) is 0.564. The number of fused-ring (bicyclic) bond motifs is 1. The van der Waals surface area contributed by atoms with Crippen molar-refractivity contribution < 1.29 is 13.5 Å². The third kappa shape index (κ3) is 4.00. The van der Waals surface area contributed by atoms with Crippen molar-refractivity contribution in [2.75, 3.05) is 5.32 Å². The van der Waals surface area contributed by atoms with Crippen LogP contribution in [0.5, 0.6) is 5.75 Å². The van der Waals surface area contributed by atoms with E-state index in [1.807, 2.05) is 18.2 Å². The molecule has 1 aromatic heterocycles. The number of nitrogens with zero attached hydrogens (tertiary/aromatic N) is 4. The van der Waals surface area contributed by atoms with Crippen LogP contribution in [-0.2, 0) is 0 Å². The van der Waals surface area contributed by atoms with Crippen molar-refractivity contribution in [2.45, 2.75) is 32.4 Å². The highest BCUT2D eigenvalue weighted by atomic mass is 79.9. The molecule has 1 aliphatic rings. The number of hydrogen-bond donors (Lipinski definition) is 1. The first-order valence-electron chi connectivity index (χ1n) is 9.03. The van der Waals surface area contributed by atoms with E-state index in [9.17, 15) is 8.78 Å². The van der Waals surface area contributed by atoms with Gasteiger partial charge in [-0.3, -0.25) is 0 Å². The molecule has 1 aliphatic heterocycles. The second-order valence-corrected chi connectivity index (χ2v) is 7.85.